The summed E-state index contributed by atoms with van der Waals surface area (Å²) in [5.41, 5.74) is 12.1. The van der Waals surface area contributed by atoms with E-state index in [9.17, 15) is 0 Å². The van der Waals surface area contributed by atoms with Gasteiger partial charge < -0.3 is 20.8 Å². The number of H-pyrrole nitrogens is 1. The van der Waals surface area contributed by atoms with Crippen molar-refractivity contribution < 1.29 is 9.13 Å². The van der Waals surface area contributed by atoms with E-state index in [4.69, 9.17) is 10.5 Å². The van der Waals surface area contributed by atoms with Crippen molar-refractivity contribution in [2.75, 3.05) is 6.61 Å². The SMILES string of the molecule is CCOc1cc(CC)cc(C(NC2=CC3=CCC=NC(N)=C3CC=C2)c2ncc(-c3cccnc3)[nH]2)c1F. The zero-order valence-electron chi connectivity index (χ0n) is 21.5. The number of hydrogen-bond acceptors (Lipinski definition) is 6. The van der Waals surface area contributed by atoms with Crippen molar-refractivity contribution >= 4 is 6.21 Å². The van der Waals surface area contributed by atoms with Gasteiger partial charge in [-0.3, -0.25) is 4.98 Å². The van der Waals surface area contributed by atoms with Crippen molar-refractivity contribution in [3.63, 3.8) is 0 Å². The third-order valence-electron chi connectivity index (χ3n) is 6.56. The Morgan fingerprint density at radius 2 is 2.13 bits per heavy atom. The molecular formula is C30H31FN6O. The second-order valence-electron chi connectivity index (χ2n) is 9.06. The van der Waals surface area contributed by atoms with E-state index >= 15 is 4.39 Å². The zero-order chi connectivity index (χ0) is 26.5. The van der Waals surface area contributed by atoms with Gasteiger partial charge in [-0.2, -0.15) is 0 Å². The smallest absolute Gasteiger partial charge is 0.170 e. The van der Waals surface area contributed by atoms with Crippen LogP contribution in [-0.2, 0) is 6.42 Å². The van der Waals surface area contributed by atoms with Crippen molar-refractivity contribution in [1.82, 2.24) is 20.3 Å². The Bertz CT molecular complexity index is 1470. The number of aryl methyl sites for hydroxylation is 1. The average Bonchev–Trinajstić information content (AvgIpc) is 3.25. The minimum Gasteiger partial charge on any atom is -0.491 e. The number of allylic oxidation sites excluding steroid dienone is 6. The van der Waals surface area contributed by atoms with E-state index in [0.717, 1.165) is 40.1 Å². The molecule has 1 aliphatic carbocycles. The lowest BCUT2D eigenvalue weighted by Crippen LogP contribution is -2.24. The number of nitrogens with zero attached hydrogens (tertiary/aromatic N) is 3. The van der Waals surface area contributed by atoms with Gasteiger partial charge in [-0.25, -0.2) is 14.4 Å². The molecule has 38 heavy (non-hydrogen) atoms. The Morgan fingerprint density at radius 1 is 1.24 bits per heavy atom. The number of nitrogens with two attached hydrogens (primary N) is 1. The number of benzene rings is 1. The van der Waals surface area contributed by atoms with Crippen molar-refractivity contribution in [3.05, 3.63) is 113 Å². The molecule has 1 aliphatic heterocycles. The van der Waals surface area contributed by atoms with Gasteiger partial charge in [-0.1, -0.05) is 25.1 Å². The van der Waals surface area contributed by atoms with Crippen LogP contribution in [0.5, 0.6) is 5.75 Å². The molecule has 5 rings (SSSR count). The Balaban J connectivity index is 1.61. The number of pyridine rings is 1. The molecule has 2 aromatic heterocycles. The number of hydrogen-bond donors (Lipinski definition) is 3. The van der Waals surface area contributed by atoms with E-state index in [1.807, 2.05) is 50.3 Å². The predicted octanol–water partition coefficient (Wildman–Crippen LogP) is 5.67. The first-order valence-electron chi connectivity index (χ1n) is 12.8. The summed E-state index contributed by atoms with van der Waals surface area (Å²) in [6, 6.07) is 6.85. The fourth-order valence-electron chi connectivity index (χ4n) is 4.62. The van der Waals surface area contributed by atoms with Crippen molar-refractivity contribution in [3.8, 4) is 17.0 Å². The standard InChI is InChI=1S/C30H31FN6O/c1-3-19-14-24(27(31)26(15-19)38-4-2)28(30-35-18-25(37-30)21-9-6-12-33-17-21)36-22-10-5-11-23-20(16-22)8-7-13-34-29(23)32/h5-6,8-10,12-18,28,36H,3-4,7,11,32H2,1-2H3,(H,35,37). The average molecular weight is 511 g/mol. The molecule has 2 aliphatic rings. The Hall–Kier alpha value is -4.46. The molecule has 7 nitrogen and oxygen atoms in total. The molecule has 0 fully saturated rings. The first-order chi connectivity index (χ1) is 18.6. The molecular weight excluding hydrogens is 479 g/mol. The van der Waals surface area contributed by atoms with Crippen LogP contribution in [0.15, 0.2) is 94.8 Å². The third-order valence-corrected chi connectivity index (χ3v) is 6.56. The van der Waals surface area contributed by atoms with Gasteiger partial charge in [-0.05, 0) is 61.3 Å². The van der Waals surface area contributed by atoms with Crippen LogP contribution in [0, 0.1) is 5.82 Å². The van der Waals surface area contributed by atoms with Crippen LogP contribution in [-0.4, -0.2) is 27.8 Å². The van der Waals surface area contributed by atoms with Gasteiger partial charge in [0, 0.05) is 47.4 Å². The van der Waals surface area contributed by atoms with Gasteiger partial charge in [0.15, 0.2) is 11.6 Å². The highest BCUT2D eigenvalue weighted by atomic mass is 19.1. The van der Waals surface area contributed by atoms with Crippen LogP contribution in [0.1, 0.15) is 49.7 Å². The van der Waals surface area contributed by atoms with E-state index in [0.29, 0.717) is 36.7 Å². The Labute approximate surface area is 221 Å². The summed E-state index contributed by atoms with van der Waals surface area (Å²) in [6.45, 7) is 4.26. The molecule has 0 bridgehead atoms. The van der Waals surface area contributed by atoms with Crippen LogP contribution in [0.4, 0.5) is 4.39 Å². The lowest BCUT2D eigenvalue weighted by molar-refractivity contribution is 0.319. The Morgan fingerprint density at radius 3 is 2.92 bits per heavy atom. The van der Waals surface area contributed by atoms with Crippen molar-refractivity contribution in [2.24, 2.45) is 10.7 Å². The van der Waals surface area contributed by atoms with E-state index < -0.39 is 11.9 Å². The first-order valence-corrected chi connectivity index (χ1v) is 12.8. The molecule has 1 atom stereocenters. The number of halogens is 1. The second-order valence-corrected chi connectivity index (χ2v) is 9.06. The van der Waals surface area contributed by atoms with Crippen molar-refractivity contribution in [1.29, 1.82) is 0 Å². The van der Waals surface area contributed by atoms with Gasteiger partial charge >= 0.3 is 0 Å². The first kappa shape index (κ1) is 25.2. The molecule has 0 radical (unpaired) electrons. The van der Waals surface area contributed by atoms with Gasteiger partial charge in [0.25, 0.3) is 0 Å². The molecule has 0 spiro atoms. The number of fused-ring (bicyclic) bond motifs is 1. The number of rotatable bonds is 8. The maximum atomic E-state index is 15.9. The van der Waals surface area contributed by atoms with Crippen LogP contribution >= 0.6 is 0 Å². The highest BCUT2D eigenvalue weighted by Crippen LogP contribution is 2.33. The summed E-state index contributed by atoms with van der Waals surface area (Å²) in [4.78, 5) is 16.6. The lowest BCUT2D eigenvalue weighted by Gasteiger charge is -2.22. The molecule has 194 valence electrons. The van der Waals surface area contributed by atoms with E-state index in [-0.39, 0.29) is 5.75 Å². The fourth-order valence-corrected chi connectivity index (χ4v) is 4.62. The summed E-state index contributed by atoms with van der Waals surface area (Å²) >= 11 is 0. The minimum atomic E-state index is -0.618. The topological polar surface area (TPSA) is 101 Å². The summed E-state index contributed by atoms with van der Waals surface area (Å²) in [7, 11) is 0. The normalized spacial score (nSPS) is 15.8. The van der Waals surface area contributed by atoms with Crippen LogP contribution in [0.2, 0.25) is 0 Å². The number of nitrogens with one attached hydrogen (secondary N) is 2. The van der Waals surface area contributed by atoms with Crippen molar-refractivity contribution in [2.45, 2.75) is 39.2 Å². The maximum Gasteiger partial charge on any atom is 0.170 e. The zero-order valence-corrected chi connectivity index (χ0v) is 21.5. The summed E-state index contributed by atoms with van der Waals surface area (Å²) < 4.78 is 21.6. The maximum absolute atomic E-state index is 15.9. The van der Waals surface area contributed by atoms with Gasteiger partial charge in [0.1, 0.15) is 17.7 Å². The predicted molar refractivity (Wildman–Crippen MR) is 148 cm³/mol. The molecule has 3 aromatic rings. The lowest BCUT2D eigenvalue weighted by atomic mass is 9.99. The highest BCUT2D eigenvalue weighted by molar-refractivity contribution is 5.65. The molecule has 1 aromatic carbocycles. The molecule has 1 unspecified atom stereocenters. The number of ether oxygens (including phenoxy) is 1. The number of aromatic amines is 1. The summed E-state index contributed by atoms with van der Waals surface area (Å²) in [5.74, 6) is 0.916. The number of imidazole rings is 1. The van der Waals surface area contributed by atoms with Crippen LogP contribution < -0.4 is 15.8 Å². The second kappa shape index (κ2) is 11.3. The molecule has 0 amide bonds. The van der Waals surface area contributed by atoms with E-state index in [1.165, 1.54) is 0 Å². The van der Waals surface area contributed by atoms with E-state index in [1.54, 1.807) is 30.9 Å². The van der Waals surface area contributed by atoms with Crippen LogP contribution in [0.25, 0.3) is 11.3 Å². The molecule has 4 N–H and O–H groups in total. The number of aromatic nitrogens is 3. The van der Waals surface area contributed by atoms with Gasteiger partial charge in [0.05, 0.1) is 18.5 Å². The largest absolute Gasteiger partial charge is 0.491 e. The fraction of sp³-hybridized carbons (Fsp3) is 0.233. The third kappa shape index (κ3) is 5.29. The van der Waals surface area contributed by atoms with Crippen LogP contribution in [0.3, 0.4) is 0 Å². The quantitative estimate of drug-likeness (QED) is 0.363. The summed E-state index contributed by atoms with van der Waals surface area (Å²) in [5, 5.41) is 3.55. The summed E-state index contributed by atoms with van der Waals surface area (Å²) in [6.07, 6.45) is 17.3. The highest BCUT2D eigenvalue weighted by Gasteiger charge is 2.26. The molecule has 0 saturated carbocycles. The van der Waals surface area contributed by atoms with E-state index in [2.05, 4.69) is 31.3 Å². The minimum absolute atomic E-state index is 0.236. The number of aliphatic imine (C=N–C) groups is 1. The molecule has 8 heteroatoms. The Kier molecular flexibility index (Phi) is 7.49. The van der Waals surface area contributed by atoms with Gasteiger partial charge in [0.2, 0.25) is 0 Å². The molecule has 0 saturated heterocycles. The monoisotopic (exact) mass is 510 g/mol. The molecule has 3 heterocycles. The van der Waals surface area contributed by atoms with Gasteiger partial charge in [-0.15, -0.1) is 0 Å².